The van der Waals surface area contributed by atoms with Crippen molar-refractivity contribution in [3.63, 3.8) is 0 Å². The van der Waals surface area contributed by atoms with Crippen molar-refractivity contribution >= 4 is 11.8 Å². The Kier molecular flexibility index (Phi) is 9.75. The Hall–Kier alpha value is -2.38. The fourth-order valence-corrected chi connectivity index (χ4v) is 6.01. The van der Waals surface area contributed by atoms with Crippen LogP contribution in [0.3, 0.4) is 0 Å². The van der Waals surface area contributed by atoms with Gasteiger partial charge in [0.15, 0.2) is 5.78 Å². The summed E-state index contributed by atoms with van der Waals surface area (Å²) in [5, 5.41) is 0. The molecule has 5 unspecified atom stereocenters. The summed E-state index contributed by atoms with van der Waals surface area (Å²) < 4.78 is 5.64. The summed E-state index contributed by atoms with van der Waals surface area (Å²) in [6.07, 6.45) is 23.1. The second-order valence-corrected chi connectivity index (χ2v) is 11.5. The van der Waals surface area contributed by atoms with Crippen molar-refractivity contribution in [1.82, 2.24) is 0 Å². The minimum atomic E-state index is -0.466. The number of esters is 1. The van der Waals surface area contributed by atoms with E-state index in [2.05, 4.69) is 55.7 Å². The smallest absolute Gasteiger partial charge is 0.306 e. The second kappa shape index (κ2) is 12.5. The third-order valence-corrected chi connectivity index (χ3v) is 7.59. The molecular weight excluding hydrogens is 432 g/mol. The van der Waals surface area contributed by atoms with Crippen LogP contribution in [-0.4, -0.2) is 17.4 Å². The highest BCUT2D eigenvalue weighted by atomic mass is 16.6. The average molecular weight is 477 g/mol. The molecule has 0 aromatic carbocycles. The fraction of sp³-hybridized carbons (Fsp3) is 0.594. The summed E-state index contributed by atoms with van der Waals surface area (Å²) in [7, 11) is 0. The number of ether oxygens (including phenoxy) is 1. The first kappa shape index (κ1) is 27.2. The maximum atomic E-state index is 13.7. The Labute approximate surface area is 212 Å². The molecule has 0 radical (unpaired) electrons. The van der Waals surface area contributed by atoms with Gasteiger partial charge in [-0.25, -0.2) is 0 Å². The third kappa shape index (κ3) is 8.07. The molecule has 5 atom stereocenters. The zero-order valence-corrected chi connectivity index (χ0v) is 22.2. The van der Waals surface area contributed by atoms with Crippen LogP contribution in [0.25, 0.3) is 0 Å². The molecular formula is C32H44O3. The van der Waals surface area contributed by atoms with Crippen molar-refractivity contribution in [2.24, 2.45) is 29.6 Å². The van der Waals surface area contributed by atoms with Crippen LogP contribution in [0.5, 0.6) is 0 Å². The van der Waals surface area contributed by atoms with Gasteiger partial charge in [0, 0.05) is 18.8 Å². The van der Waals surface area contributed by atoms with Crippen molar-refractivity contribution in [2.45, 2.75) is 91.1 Å². The van der Waals surface area contributed by atoms with E-state index in [1.54, 1.807) is 0 Å². The van der Waals surface area contributed by atoms with Crippen LogP contribution >= 0.6 is 0 Å². The molecule has 0 heterocycles. The summed E-state index contributed by atoms with van der Waals surface area (Å²) in [4.78, 5) is 26.4. The summed E-state index contributed by atoms with van der Waals surface area (Å²) in [6.45, 7) is 12.1. The van der Waals surface area contributed by atoms with Crippen LogP contribution < -0.4 is 0 Å². The van der Waals surface area contributed by atoms with E-state index in [0.29, 0.717) is 30.3 Å². The normalized spacial score (nSPS) is 27.1. The quantitative estimate of drug-likeness (QED) is 0.203. The van der Waals surface area contributed by atoms with Gasteiger partial charge < -0.3 is 4.74 Å². The maximum Gasteiger partial charge on any atom is 0.306 e. The monoisotopic (exact) mass is 476 g/mol. The molecule has 3 rings (SSSR count). The molecule has 1 saturated carbocycles. The van der Waals surface area contributed by atoms with Crippen LogP contribution in [-0.2, 0) is 14.3 Å². The molecule has 35 heavy (non-hydrogen) atoms. The van der Waals surface area contributed by atoms with E-state index >= 15 is 0 Å². The van der Waals surface area contributed by atoms with Gasteiger partial charge in [-0.3, -0.25) is 9.59 Å². The first-order chi connectivity index (χ1) is 16.7. The zero-order valence-electron chi connectivity index (χ0n) is 22.2. The van der Waals surface area contributed by atoms with Crippen LogP contribution in [0.15, 0.2) is 66.0 Å². The zero-order chi connectivity index (χ0) is 25.4. The molecule has 0 bridgehead atoms. The van der Waals surface area contributed by atoms with Gasteiger partial charge in [-0.05, 0) is 106 Å². The molecule has 0 amide bonds. The Morgan fingerprint density at radius 2 is 2.03 bits per heavy atom. The summed E-state index contributed by atoms with van der Waals surface area (Å²) in [5.41, 5.74) is 4.79. The van der Waals surface area contributed by atoms with Gasteiger partial charge in [-0.1, -0.05) is 50.3 Å². The number of hydrogen-bond donors (Lipinski definition) is 0. The van der Waals surface area contributed by atoms with E-state index in [0.717, 1.165) is 44.9 Å². The lowest BCUT2D eigenvalue weighted by molar-refractivity contribution is -0.156. The number of allylic oxidation sites excluding steroid dienone is 8. The van der Waals surface area contributed by atoms with Crippen molar-refractivity contribution in [3.8, 4) is 0 Å². The number of rotatable bonds is 8. The highest BCUT2D eigenvalue weighted by molar-refractivity contribution is 5.97. The lowest BCUT2D eigenvalue weighted by Gasteiger charge is -2.36. The van der Waals surface area contributed by atoms with Crippen molar-refractivity contribution in [2.75, 3.05) is 0 Å². The maximum absolute atomic E-state index is 13.7. The van der Waals surface area contributed by atoms with Gasteiger partial charge in [-0.15, -0.1) is 5.73 Å². The number of carbonyl (C=O) groups is 2. The molecule has 1 fully saturated rings. The van der Waals surface area contributed by atoms with Crippen LogP contribution in [0.1, 0.15) is 85.5 Å². The highest BCUT2D eigenvalue weighted by Gasteiger charge is 2.39. The van der Waals surface area contributed by atoms with Gasteiger partial charge in [0.25, 0.3) is 0 Å². The second-order valence-electron chi connectivity index (χ2n) is 11.5. The molecule has 3 heteroatoms. The molecule has 3 nitrogen and oxygen atoms in total. The Morgan fingerprint density at radius 1 is 1.23 bits per heavy atom. The minimum Gasteiger partial charge on any atom is -0.460 e. The first-order valence-corrected chi connectivity index (χ1v) is 13.6. The van der Waals surface area contributed by atoms with E-state index in [4.69, 9.17) is 4.74 Å². The SMILES string of the molecule is C=C(CC1=CCCC=C1)C(=O)C(CC)C1C=CC=C=CC2CCCC(CC(=O)OC(C)(C)C)CC21. The van der Waals surface area contributed by atoms with E-state index in [1.807, 2.05) is 26.8 Å². The molecule has 0 aromatic heterocycles. The number of carbonyl (C=O) groups excluding carboxylic acids is 2. The number of hydrogen-bond acceptors (Lipinski definition) is 3. The van der Waals surface area contributed by atoms with Crippen LogP contribution in [0.2, 0.25) is 0 Å². The number of ketones is 1. The first-order valence-electron chi connectivity index (χ1n) is 13.6. The predicted molar refractivity (Wildman–Crippen MR) is 144 cm³/mol. The van der Waals surface area contributed by atoms with Gasteiger partial charge in [0.1, 0.15) is 5.60 Å². The average Bonchev–Trinajstić information content (AvgIpc) is 2.97. The van der Waals surface area contributed by atoms with Crippen molar-refractivity contribution in [1.29, 1.82) is 0 Å². The van der Waals surface area contributed by atoms with Crippen molar-refractivity contribution in [3.05, 3.63) is 66.0 Å². The lowest BCUT2D eigenvalue weighted by Crippen LogP contribution is -2.33. The number of fused-ring (bicyclic) bond motifs is 1. The van der Waals surface area contributed by atoms with Gasteiger partial charge in [-0.2, -0.15) is 0 Å². The van der Waals surface area contributed by atoms with Crippen molar-refractivity contribution < 1.29 is 14.3 Å². The van der Waals surface area contributed by atoms with Crippen LogP contribution in [0, 0.1) is 29.6 Å². The Bertz CT molecular complexity index is 932. The summed E-state index contributed by atoms with van der Waals surface area (Å²) in [5.74, 6) is 1.06. The largest absolute Gasteiger partial charge is 0.460 e. The Morgan fingerprint density at radius 3 is 2.71 bits per heavy atom. The fourth-order valence-electron chi connectivity index (χ4n) is 6.01. The van der Waals surface area contributed by atoms with Gasteiger partial charge in [0.2, 0.25) is 0 Å². The van der Waals surface area contributed by atoms with E-state index in [-0.39, 0.29) is 29.5 Å². The molecule has 0 spiro atoms. The van der Waals surface area contributed by atoms with E-state index in [1.165, 1.54) is 5.57 Å². The third-order valence-electron chi connectivity index (χ3n) is 7.59. The molecule has 0 N–H and O–H groups in total. The molecule has 0 aliphatic heterocycles. The molecule has 190 valence electrons. The molecule has 0 saturated heterocycles. The van der Waals surface area contributed by atoms with E-state index < -0.39 is 5.60 Å². The highest BCUT2D eigenvalue weighted by Crippen LogP contribution is 2.44. The van der Waals surface area contributed by atoms with Gasteiger partial charge >= 0.3 is 5.97 Å². The van der Waals surface area contributed by atoms with Crippen LogP contribution in [0.4, 0.5) is 0 Å². The summed E-state index contributed by atoms with van der Waals surface area (Å²) >= 11 is 0. The standard InChI is InChI=1S/C32H44O3/c1-6-27(31(34)23(2)20-24-14-9-7-10-15-24)28-19-12-8-11-17-26-18-13-16-25(21-29(26)28)22-30(33)35-32(3,4)5/h8-9,12,14-15,17,19,25-29H,2,6-7,10,13,16,18,20-22H2,1,3-5H3. The molecule has 0 aromatic rings. The topological polar surface area (TPSA) is 43.4 Å². The minimum absolute atomic E-state index is 0.0976. The van der Waals surface area contributed by atoms with E-state index in [9.17, 15) is 9.59 Å². The molecule has 3 aliphatic rings. The van der Waals surface area contributed by atoms with Gasteiger partial charge in [0.05, 0.1) is 0 Å². The lowest BCUT2D eigenvalue weighted by atomic mass is 9.68. The summed E-state index contributed by atoms with van der Waals surface area (Å²) in [6, 6.07) is 0. The Balaban J connectivity index is 1.80. The number of Topliss-reactive ketones (excluding diaryl/α,β-unsaturated/α-hetero) is 1. The molecule has 3 aliphatic carbocycles. The predicted octanol–water partition coefficient (Wildman–Crippen LogP) is 7.86.